The maximum atomic E-state index is 12.7. The van der Waals surface area contributed by atoms with Crippen LogP contribution in [-0.4, -0.2) is 51.3 Å². The number of aromatic nitrogens is 5. The third kappa shape index (κ3) is 6.38. The molecule has 37 heavy (non-hydrogen) atoms. The summed E-state index contributed by atoms with van der Waals surface area (Å²) in [4.78, 5) is 12.8. The molecule has 0 atom stereocenters. The van der Waals surface area contributed by atoms with Crippen LogP contribution >= 0.6 is 0 Å². The number of ether oxygens (including phenoxy) is 2. The van der Waals surface area contributed by atoms with Crippen LogP contribution in [0.15, 0.2) is 42.7 Å². The number of aryl methyl sites for hydroxylation is 1. The first-order valence-electron chi connectivity index (χ1n) is 11.4. The zero-order valence-corrected chi connectivity index (χ0v) is 20.8. The number of fused-ring (bicyclic) bond motifs is 1. The van der Waals surface area contributed by atoms with Gasteiger partial charge in [-0.3, -0.25) is 0 Å². The van der Waals surface area contributed by atoms with Crippen molar-refractivity contribution in [2.75, 3.05) is 30.9 Å². The first-order chi connectivity index (χ1) is 17.7. The van der Waals surface area contributed by atoms with Crippen LogP contribution in [-0.2, 0) is 0 Å². The summed E-state index contributed by atoms with van der Waals surface area (Å²) in [6.45, 7) is 4.72. The predicted octanol–water partition coefficient (Wildman–Crippen LogP) is 4.85. The Labute approximate surface area is 212 Å². The number of anilines is 3. The van der Waals surface area contributed by atoms with E-state index in [0.717, 1.165) is 16.8 Å². The number of hydrogen-bond acceptors (Lipinski definition) is 9. The lowest BCUT2D eigenvalue weighted by Gasteiger charge is -2.18. The van der Waals surface area contributed by atoms with Gasteiger partial charge in [0.2, 0.25) is 11.8 Å². The Bertz CT molecular complexity index is 1450. The van der Waals surface area contributed by atoms with Gasteiger partial charge in [-0.15, -0.1) is 0 Å². The molecule has 0 aliphatic heterocycles. The standard InChI is InChI=1S/C25H26F2N8O2/c1-15-7-21(33-24(29-4)31-15)32-22-9-17-8-16(5-6-35(17)34-22)18-10-23(36-12-20(26)27)30-11-19(18)37-14-25(2,3)13-28/h5-11,20H,12,14H2,1-4H3,(H2,29,31,32,33,34). The Balaban J connectivity index is 1.67. The van der Waals surface area contributed by atoms with E-state index in [0.29, 0.717) is 28.9 Å². The van der Waals surface area contributed by atoms with Crippen LogP contribution in [0.25, 0.3) is 16.6 Å². The van der Waals surface area contributed by atoms with E-state index in [1.165, 1.54) is 6.20 Å². The molecule has 0 radical (unpaired) electrons. The Morgan fingerprint density at radius 1 is 1.14 bits per heavy atom. The van der Waals surface area contributed by atoms with E-state index in [1.807, 2.05) is 25.1 Å². The topological polar surface area (TPSA) is 122 Å². The molecule has 4 heterocycles. The zero-order chi connectivity index (χ0) is 26.6. The first kappa shape index (κ1) is 25.6. The van der Waals surface area contributed by atoms with Gasteiger partial charge in [0.25, 0.3) is 6.43 Å². The quantitative estimate of drug-likeness (QED) is 0.309. The van der Waals surface area contributed by atoms with Gasteiger partial charge in [0.1, 0.15) is 18.2 Å². The van der Waals surface area contributed by atoms with Crippen molar-refractivity contribution in [2.24, 2.45) is 5.41 Å². The summed E-state index contributed by atoms with van der Waals surface area (Å²) in [7, 11) is 1.74. The molecule has 0 aromatic carbocycles. The van der Waals surface area contributed by atoms with Gasteiger partial charge in [0, 0.05) is 42.7 Å². The second-order valence-electron chi connectivity index (χ2n) is 8.91. The molecule has 0 saturated heterocycles. The van der Waals surface area contributed by atoms with Crippen molar-refractivity contribution in [3.63, 3.8) is 0 Å². The summed E-state index contributed by atoms with van der Waals surface area (Å²) in [6, 6.07) is 11.1. The van der Waals surface area contributed by atoms with Crippen molar-refractivity contribution in [3.05, 3.63) is 48.4 Å². The second kappa shape index (κ2) is 10.6. The van der Waals surface area contributed by atoms with Gasteiger partial charge in [0.05, 0.1) is 23.2 Å². The summed E-state index contributed by atoms with van der Waals surface area (Å²) < 4.78 is 38.1. The fourth-order valence-electron chi connectivity index (χ4n) is 3.38. The molecule has 192 valence electrons. The predicted molar refractivity (Wildman–Crippen MR) is 134 cm³/mol. The molecule has 0 saturated carbocycles. The normalized spacial score (nSPS) is 11.4. The summed E-state index contributed by atoms with van der Waals surface area (Å²) in [5.74, 6) is 2.08. The summed E-state index contributed by atoms with van der Waals surface area (Å²) in [6.07, 6.45) is 0.548. The van der Waals surface area contributed by atoms with E-state index in [9.17, 15) is 14.0 Å². The zero-order valence-electron chi connectivity index (χ0n) is 20.8. The van der Waals surface area contributed by atoms with Crippen molar-refractivity contribution in [1.29, 1.82) is 5.26 Å². The van der Waals surface area contributed by atoms with E-state index < -0.39 is 18.4 Å². The fourth-order valence-corrected chi connectivity index (χ4v) is 3.38. The molecular formula is C25H26F2N8O2. The highest BCUT2D eigenvalue weighted by Crippen LogP contribution is 2.34. The highest BCUT2D eigenvalue weighted by atomic mass is 19.3. The van der Waals surface area contributed by atoms with Crippen molar-refractivity contribution < 1.29 is 18.3 Å². The number of hydrogen-bond donors (Lipinski definition) is 2. The third-order valence-corrected chi connectivity index (χ3v) is 5.20. The lowest BCUT2D eigenvalue weighted by Crippen LogP contribution is -2.19. The summed E-state index contributed by atoms with van der Waals surface area (Å²) >= 11 is 0. The molecule has 0 amide bonds. The van der Waals surface area contributed by atoms with Gasteiger partial charge in [-0.05, 0) is 38.5 Å². The lowest BCUT2D eigenvalue weighted by molar-refractivity contribution is 0.0795. The fraction of sp³-hybridized carbons (Fsp3) is 0.320. The molecule has 0 unspecified atom stereocenters. The molecule has 4 aromatic heterocycles. The van der Waals surface area contributed by atoms with E-state index in [2.05, 4.69) is 36.8 Å². The molecule has 0 aliphatic carbocycles. The Hall–Kier alpha value is -4.53. The molecule has 2 N–H and O–H groups in total. The van der Waals surface area contributed by atoms with Crippen LogP contribution < -0.4 is 20.1 Å². The smallest absolute Gasteiger partial charge is 0.272 e. The number of nitrogens with zero attached hydrogens (tertiary/aromatic N) is 6. The van der Waals surface area contributed by atoms with Crippen molar-refractivity contribution >= 4 is 23.1 Å². The number of nitrogens with one attached hydrogen (secondary N) is 2. The first-order valence-corrected chi connectivity index (χ1v) is 11.4. The summed E-state index contributed by atoms with van der Waals surface area (Å²) in [5.41, 5.74) is 2.13. The van der Waals surface area contributed by atoms with Crippen molar-refractivity contribution in [1.82, 2.24) is 24.6 Å². The molecule has 12 heteroatoms. The molecule has 4 rings (SSSR count). The maximum Gasteiger partial charge on any atom is 0.272 e. The van der Waals surface area contributed by atoms with Gasteiger partial charge >= 0.3 is 0 Å². The van der Waals surface area contributed by atoms with E-state index in [1.54, 1.807) is 43.7 Å². The molecular weight excluding hydrogens is 482 g/mol. The van der Waals surface area contributed by atoms with Crippen LogP contribution in [0.4, 0.5) is 26.4 Å². The van der Waals surface area contributed by atoms with E-state index in [-0.39, 0.29) is 12.5 Å². The van der Waals surface area contributed by atoms with E-state index >= 15 is 0 Å². The van der Waals surface area contributed by atoms with Gasteiger partial charge in [-0.1, -0.05) is 0 Å². The molecule has 0 fully saturated rings. The summed E-state index contributed by atoms with van der Waals surface area (Å²) in [5, 5.41) is 20.0. The molecule has 10 nitrogen and oxygen atoms in total. The molecule has 4 aromatic rings. The molecule has 0 bridgehead atoms. The SMILES string of the molecule is CNc1nc(C)cc(Nc2cc3cc(-c4cc(OCC(F)F)ncc4OCC(C)(C)C#N)ccn3n2)n1. The lowest BCUT2D eigenvalue weighted by atomic mass is 9.97. The second-order valence-corrected chi connectivity index (χ2v) is 8.91. The maximum absolute atomic E-state index is 12.7. The minimum atomic E-state index is -2.63. The van der Waals surface area contributed by atoms with Gasteiger partial charge in [-0.25, -0.2) is 23.3 Å². The minimum Gasteiger partial charge on any atom is -0.490 e. The van der Waals surface area contributed by atoms with Crippen LogP contribution in [0, 0.1) is 23.7 Å². The number of halogens is 2. The van der Waals surface area contributed by atoms with Gasteiger partial charge < -0.3 is 20.1 Å². The number of nitriles is 1. The monoisotopic (exact) mass is 508 g/mol. The Morgan fingerprint density at radius 2 is 1.95 bits per heavy atom. The Kier molecular flexibility index (Phi) is 7.33. The van der Waals surface area contributed by atoms with Crippen LogP contribution in [0.5, 0.6) is 11.6 Å². The molecule has 0 spiro atoms. The number of pyridine rings is 2. The van der Waals surface area contributed by atoms with Crippen molar-refractivity contribution in [3.8, 4) is 28.8 Å². The highest BCUT2D eigenvalue weighted by Gasteiger charge is 2.20. The molecule has 0 aliphatic rings. The average molecular weight is 509 g/mol. The number of alkyl halides is 2. The van der Waals surface area contributed by atoms with Gasteiger partial charge in [-0.2, -0.15) is 15.3 Å². The van der Waals surface area contributed by atoms with Crippen LogP contribution in [0.2, 0.25) is 0 Å². The Morgan fingerprint density at radius 3 is 2.68 bits per heavy atom. The van der Waals surface area contributed by atoms with Gasteiger partial charge in [0.15, 0.2) is 12.4 Å². The third-order valence-electron chi connectivity index (χ3n) is 5.20. The van der Waals surface area contributed by atoms with Crippen LogP contribution in [0.3, 0.4) is 0 Å². The average Bonchev–Trinajstić information content (AvgIpc) is 3.27. The largest absolute Gasteiger partial charge is 0.490 e. The highest BCUT2D eigenvalue weighted by molar-refractivity contribution is 5.75. The minimum absolute atomic E-state index is 0.0393. The van der Waals surface area contributed by atoms with E-state index in [4.69, 9.17) is 9.47 Å². The van der Waals surface area contributed by atoms with Crippen molar-refractivity contribution in [2.45, 2.75) is 27.2 Å². The number of rotatable bonds is 10. The van der Waals surface area contributed by atoms with Crippen LogP contribution in [0.1, 0.15) is 19.5 Å².